The van der Waals surface area contributed by atoms with Crippen LogP contribution in [0.3, 0.4) is 0 Å². The molecule has 1 aliphatic rings. The molecule has 0 saturated heterocycles. The average molecular weight is 280 g/mol. The van der Waals surface area contributed by atoms with Crippen LogP contribution < -0.4 is 10.6 Å². The first-order chi connectivity index (χ1) is 9.56. The van der Waals surface area contributed by atoms with Crippen LogP contribution in [0.1, 0.15) is 30.7 Å². The van der Waals surface area contributed by atoms with Gasteiger partial charge in [0, 0.05) is 24.9 Å². The average Bonchev–Trinajstić information content (AvgIpc) is 3.14. The van der Waals surface area contributed by atoms with Crippen molar-refractivity contribution in [2.45, 2.75) is 31.2 Å². The SMILES string of the molecule is O=C(O)CCCNC(=O)N[C@@H]1C[C@H]1c1cccc(F)c1. The van der Waals surface area contributed by atoms with Crippen molar-refractivity contribution in [1.82, 2.24) is 10.6 Å². The van der Waals surface area contributed by atoms with Crippen molar-refractivity contribution < 1.29 is 19.1 Å². The van der Waals surface area contributed by atoms with Crippen LogP contribution >= 0.6 is 0 Å². The van der Waals surface area contributed by atoms with Gasteiger partial charge < -0.3 is 15.7 Å². The highest BCUT2D eigenvalue weighted by atomic mass is 19.1. The Morgan fingerprint density at radius 1 is 1.40 bits per heavy atom. The molecule has 1 fully saturated rings. The van der Waals surface area contributed by atoms with E-state index in [-0.39, 0.29) is 30.2 Å². The van der Waals surface area contributed by atoms with Crippen molar-refractivity contribution in [1.29, 1.82) is 0 Å². The van der Waals surface area contributed by atoms with Crippen molar-refractivity contribution in [3.63, 3.8) is 0 Å². The second kappa shape index (κ2) is 6.36. The van der Waals surface area contributed by atoms with Crippen LogP contribution in [0, 0.1) is 5.82 Å². The van der Waals surface area contributed by atoms with E-state index in [0.29, 0.717) is 13.0 Å². The highest BCUT2D eigenvalue weighted by molar-refractivity contribution is 5.75. The summed E-state index contributed by atoms with van der Waals surface area (Å²) >= 11 is 0. The van der Waals surface area contributed by atoms with Crippen LogP contribution in [-0.2, 0) is 4.79 Å². The highest BCUT2D eigenvalue weighted by Gasteiger charge is 2.39. The zero-order chi connectivity index (χ0) is 14.5. The van der Waals surface area contributed by atoms with Crippen molar-refractivity contribution in [3.05, 3.63) is 35.6 Å². The summed E-state index contributed by atoms with van der Waals surface area (Å²) in [6.45, 7) is 0.329. The number of carboxylic acid groups (broad SMARTS) is 1. The van der Waals surface area contributed by atoms with Gasteiger partial charge in [-0.25, -0.2) is 9.18 Å². The minimum Gasteiger partial charge on any atom is -0.481 e. The van der Waals surface area contributed by atoms with E-state index in [0.717, 1.165) is 12.0 Å². The molecule has 0 aromatic heterocycles. The number of halogens is 1. The summed E-state index contributed by atoms with van der Waals surface area (Å²) in [5.41, 5.74) is 0.890. The molecule has 0 aliphatic heterocycles. The lowest BCUT2D eigenvalue weighted by molar-refractivity contribution is -0.137. The Hall–Kier alpha value is -2.11. The number of rotatable bonds is 6. The van der Waals surface area contributed by atoms with E-state index in [2.05, 4.69) is 10.6 Å². The number of aliphatic carboxylic acids is 1. The lowest BCUT2D eigenvalue weighted by Gasteiger charge is -2.07. The van der Waals surface area contributed by atoms with Gasteiger partial charge >= 0.3 is 12.0 Å². The van der Waals surface area contributed by atoms with Gasteiger partial charge in [-0.2, -0.15) is 0 Å². The predicted octanol–water partition coefficient (Wildman–Crippen LogP) is 1.85. The fraction of sp³-hybridized carbons (Fsp3) is 0.429. The van der Waals surface area contributed by atoms with Crippen molar-refractivity contribution >= 4 is 12.0 Å². The standard InChI is InChI=1S/C14H17FN2O3/c15-10-4-1-3-9(7-10)11-8-12(11)17-14(20)16-6-2-5-13(18)19/h1,3-4,7,11-12H,2,5-6,8H2,(H,18,19)(H2,16,17,20)/t11-,12+/m0/s1. The van der Waals surface area contributed by atoms with E-state index in [9.17, 15) is 14.0 Å². The Bertz CT molecular complexity index is 507. The molecule has 3 N–H and O–H groups in total. The molecular formula is C14H17FN2O3. The first-order valence-electron chi connectivity index (χ1n) is 6.58. The molecule has 0 spiro atoms. The molecule has 1 aromatic rings. The smallest absolute Gasteiger partial charge is 0.315 e. The number of hydrogen-bond donors (Lipinski definition) is 3. The van der Waals surface area contributed by atoms with Gasteiger partial charge in [-0.1, -0.05) is 12.1 Å². The number of hydrogen-bond acceptors (Lipinski definition) is 2. The molecule has 0 heterocycles. The molecule has 2 rings (SSSR count). The minimum absolute atomic E-state index is 0.0243. The number of urea groups is 1. The summed E-state index contributed by atoms with van der Waals surface area (Å²) in [7, 11) is 0. The first-order valence-corrected chi connectivity index (χ1v) is 6.58. The summed E-state index contributed by atoms with van der Waals surface area (Å²) in [5.74, 6) is -0.984. The molecule has 20 heavy (non-hydrogen) atoms. The van der Waals surface area contributed by atoms with E-state index in [1.165, 1.54) is 12.1 Å². The van der Waals surface area contributed by atoms with E-state index in [1.807, 2.05) is 6.07 Å². The first kappa shape index (κ1) is 14.3. The van der Waals surface area contributed by atoms with E-state index < -0.39 is 5.97 Å². The number of carboxylic acids is 1. The second-order valence-corrected chi connectivity index (χ2v) is 4.90. The Kier molecular flexibility index (Phi) is 4.55. The van der Waals surface area contributed by atoms with Gasteiger partial charge in [0.1, 0.15) is 5.82 Å². The monoisotopic (exact) mass is 280 g/mol. The van der Waals surface area contributed by atoms with Crippen LogP contribution in [0.25, 0.3) is 0 Å². The third-order valence-corrected chi connectivity index (χ3v) is 3.24. The second-order valence-electron chi connectivity index (χ2n) is 4.90. The summed E-state index contributed by atoms with van der Waals surface area (Å²) in [6, 6.07) is 6.10. The van der Waals surface area contributed by atoms with Gasteiger partial charge in [-0.15, -0.1) is 0 Å². The maximum atomic E-state index is 13.1. The molecule has 5 nitrogen and oxygen atoms in total. The molecule has 1 aliphatic carbocycles. The summed E-state index contributed by atoms with van der Waals surface area (Å²) in [4.78, 5) is 21.8. The number of amides is 2. The fourth-order valence-corrected chi connectivity index (χ4v) is 2.12. The van der Waals surface area contributed by atoms with E-state index >= 15 is 0 Å². The van der Waals surface area contributed by atoms with Crippen molar-refractivity contribution in [2.75, 3.05) is 6.54 Å². The third kappa shape index (κ3) is 4.22. The third-order valence-electron chi connectivity index (χ3n) is 3.24. The Labute approximate surface area is 116 Å². The molecule has 1 aromatic carbocycles. The van der Waals surface area contributed by atoms with Crippen LogP contribution in [-0.4, -0.2) is 29.7 Å². The molecule has 1 saturated carbocycles. The number of nitrogens with one attached hydrogen (secondary N) is 2. The van der Waals surface area contributed by atoms with Gasteiger partial charge in [0.25, 0.3) is 0 Å². The van der Waals surface area contributed by atoms with Gasteiger partial charge in [0.15, 0.2) is 0 Å². The van der Waals surface area contributed by atoms with Gasteiger partial charge in [0.05, 0.1) is 0 Å². The predicted molar refractivity (Wildman–Crippen MR) is 71.0 cm³/mol. The highest BCUT2D eigenvalue weighted by Crippen LogP contribution is 2.40. The number of carbonyl (C=O) groups excluding carboxylic acids is 1. The molecular weight excluding hydrogens is 263 g/mol. The zero-order valence-electron chi connectivity index (χ0n) is 10.9. The number of benzene rings is 1. The van der Waals surface area contributed by atoms with Crippen LogP contribution in [0.5, 0.6) is 0 Å². The lowest BCUT2D eigenvalue weighted by Crippen LogP contribution is -2.37. The Balaban J connectivity index is 1.68. The minimum atomic E-state index is -0.874. The number of carbonyl (C=O) groups is 2. The molecule has 2 amide bonds. The van der Waals surface area contributed by atoms with Crippen LogP contribution in [0.2, 0.25) is 0 Å². The molecule has 108 valence electrons. The maximum absolute atomic E-state index is 13.1. The van der Waals surface area contributed by atoms with E-state index in [1.54, 1.807) is 6.07 Å². The largest absolute Gasteiger partial charge is 0.481 e. The Morgan fingerprint density at radius 2 is 2.20 bits per heavy atom. The quantitative estimate of drug-likeness (QED) is 0.696. The summed E-state index contributed by atoms with van der Waals surface area (Å²) in [6.07, 6.45) is 1.24. The van der Waals surface area contributed by atoms with Crippen molar-refractivity contribution in [2.24, 2.45) is 0 Å². The maximum Gasteiger partial charge on any atom is 0.315 e. The van der Waals surface area contributed by atoms with Gasteiger partial charge in [-0.3, -0.25) is 4.79 Å². The van der Waals surface area contributed by atoms with E-state index in [4.69, 9.17) is 5.11 Å². The van der Waals surface area contributed by atoms with Crippen molar-refractivity contribution in [3.8, 4) is 0 Å². The molecule has 0 radical (unpaired) electrons. The lowest BCUT2D eigenvalue weighted by atomic mass is 10.1. The molecule has 6 heteroatoms. The zero-order valence-corrected chi connectivity index (χ0v) is 10.9. The van der Waals surface area contributed by atoms with Gasteiger partial charge in [-0.05, 0) is 30.5 Å². The Morgan fingerprint density at radius 3 is 2.90 bits per heavy atom. The topological polar surface area (TPSA) is 78.4 Å². The van der Waals surface area contributed by atoms with Crippen LogP contribution in [0.15, 0.2) is 24.3 Å². The fourth-order valence-electron chi connectivity index (χ4n) is 2.12. The normalized spacial score (nSPS) is 20.2. The molecule has 2 atom stereocenters. The summed E-state index contributed by atoms with van der Waals surface area (Å²) in [5, 5.41) is 13.9. The molecule has 0 unspecified atom stereocenters. The molecule has 0 bridgehead atoms. The van der Waals surface area contributed by atoms with Gasteiger partial charge in [0.2, 0.25) is 0 Å². The summed E-state index contributed by atoms with van der Waals surface area (Å²) < 4.78 is 13.1. The van der Waals surface area contributed by atoms with Crippen LogP contribution in [0.4, 0.5) is 9.18 Å².